The Morgan fingerprint density at radius 1 is 0.522 bits per heavy atom. The van der Waals surface area contributed by atoms with Gasteiger partial charge in [0.05, 0.1) is 0 Å². The van der Waals surface area contributed by atoms with E-state index >= 15 is 0 Å². The van der Waals surface area contributed by atoms with E-state index in [1.807, 2.05) is 0 Å². The van der Waals surface area contributed by atoms with Crippen LogP contribution in [0.2, 0.25) is 0 Å². The normalized spacial score (nSPS) is 11.4. The summed E-state index contributed by atoms with van der Waals surface area (Å²) in [7, 11) is 0. The highest BCUT2D eigenvalue weighted by Crippen LogP contribution is 2.46. The lowest BCUT2D eigenvalue weighted by Gasteiger charge is -2.17. The first-order valence-corrected chi connectivity index (χ1v) is 13.2. The molecule has 0 atom stereocenters. The molecule has 10 N–H and O–H groups in total. The zero-order valence-corrected chi connectivity index (χ0v) is 23.4. The molecule has 0 aliphatic heterocycles. The standard InChI is InChI=1S/C32H22O14/c1-10-23(38)14(32-22(24(10)39)27(42)29(44)31(46-32)12-3-5-16(34)19(37)7-12)8-13-17(35)9-20-21(25(13)40)26(41)28(43)30(45-20)11-2-4-15(33)18(36)6-11/h2-7,9,33-40,43-44H,8H2,1H3. The summed E-state index contributed by atoms with van der Waals surface area (Å²) >= 11 is 0. The van der Waals surface area contributed by atoms with Crippen molar-refractivity contribution in [3.8, 4) is 80.1 Å². The minimum atomic E-state index is -1.15. The van der Waals surface area contributed by atoms with Gasteiger partial charge in [-0.3, -0.25) is 9.59 Å². The van der Waals surface area contributed by atoms with Gasteiger partial charge in [-0.15, -0.1) is 0 Å². The highest BCUT2D eigenvalue weighted by Gasteiger charge is 2.28. The largest absolute Gasteiger partial charge is 0.507 e. The van der Waals surface area contributed by atoms with Gasteiger partial charge in [0.25, 0.3) is 0 Å². The molecule has 6 rings (SSSR count). The van der Waals surface area contributed by atoms with Crippen molar-refractivity contribution in [1.29, 1.82) is 0 Å². The molecule has 2 heterocycles. The average Bonchev–Trinajstić information content (AvgIpc) is 3.01. The predicted octanol–water partition coefficient (Wildman–Crippen LogP) is 4.19. The molecule has 14 heteroatoms. The van der Waals surface area contributed by atoms with Gasteiger partial charge in [0.2, 0.25) is 22.4 Å². The topological polar surface area (TPSA) is 263 Å². The zero-order chi connectivity index (χ0) is 33.4. The molecule has 0 radical (unpaired) electrons. The van der Waals surface area contributed by atoms with Crippen LogP contribution in [-0.2, 0) is 6.42 Å². The lowest BCUT2D eigenvalue weighted by molar-refractivity contribution is 0.403. The van der Waals surface area contributed by atoms with Gasteiger partial charge in [-0.25, -0.2) is 0 Å². The summed E-state index contributed by atoms with van der Waals surface area (Å²) in [5.74, 6) is -8.09. The first kappa shape index (κ1) is 29.4. The van der Waals surface area contributed by atoms with E-state index < -0.39 is 114 Å². The third-order valence-electron chi connectivity index (χ3n) is 7.64. The molecule has 0 fully saturated rings. The van der Waals surface area contributed by atoms with Crippen molar-refractivity contribution in [2.75, 3.05) is 0 Å². The second-order valence-electron chi connectivity index (χ2n) is 10.4. The molecule has 0 saturated heterocycles. The van der Waals surface area contributed by atoms with Crippen LogP contribution in [0.3, 0.4) is 0 Å². The fraction of sp³-hybridized carbons (Fsp3) is 0.0625. The summed E-state index contributed by atoms with van der Waals surface area (Å²) < 4.78 is 11.4. The second kappa shape index (κ2) is 10.2. The van der Waals surface area contributed by atoms with Crippen LogP contribution >= 0.6 is 0 Å². The molecule has 234 valence electrons. The van der Waals surface area contributed by atoms with Gasteiger partial charge < -0.3 is 59.9 Å². The summed E-state index contributed by atoms with van der Waals surface area (Å²) in [4.78, 5) is 26.5. The van der Waals surface area contributed by atoms with Crippen molar-refractivity contribution in [2.24, 2.45) is 0 Å². The van der Waals surface area contributed by atoms with E-state index in [0.717, 1.165) is 30.3 Å². The van der Waals surface area contributed by atoms with E-state index in [2.05, 4.69) is 0 Å². The van der Waals surface area contributed by atoms with Gasteiger partial charge in [0.15, 0.2) is 34.5 Å². The van der Waals surface area contributed by atoms with E-state index in [9.17, 15) is 60.7 Å². The highest BCUT2D eigenvalue weighted by molar-refractivity contribution is 5.94. The first-order valence-electron chi connectivity index (χ1n) is 13.2. The summed E-state index contributed by atoms with van der Waals surface area (Å²) in [5, 5.41) is 103. The maximum atomic E-state index is 13.3. The van der Waals surface area contributed by atoms with Crippen LogP contribution in [0, 0.1) is 6.92 Å². The monoisotopic (exact) mass is 630 g/mol. The first-order chi connectivity index (χ1) is 21.7. The van der Waals surface area contributed by atoms with Gasteiger partial charge in [-0.2, -0.15) is 0 Å². The number of hydrogen-bond acceptors (Lipinski definition) is 14. The van der Waals surface area contributed by atoms with Crippen LogP contribution in [0.15, 0.2) is 60.9 Å². The number of phenolic OH excluding ortho intramolecular Hbond substituents is 8. The molecule has 0 spiro atoms. The van der Waals surface area contributed by atoms with E-state index in [1.165, 1.54) is 19.1 Å². The minimum absolute atomic E-state index is 0.0261. The summed E-state index contributed by atoms with van der Waals surface area (Å²) in [6.07, 6.45) is -0.654. The van der Waals surface area contributed by atoms with Crippen molar-refractivity contribution < 1.29 is 59.9 Å². The van der Waals surface area contributed by atoms with E-state index in [-0.39, 0.29) is 22.3 Å². The third-order valence-corrected chi connectivity index (χ3v) is 7.64. The maximum absolute atomic E-state index is 13.3. The lowest BCUT2D eigenvalue weighted by atomic mass is 9.95. The van der Waals surface area contributed by atoms with Gasteiger partial charge in [-0.1, -0.05) is 0 Å². The Morgan fingerprint density at radius 2 is 1.04 bits per heavy atom. The Bertz CT molecular complexity index is 2400. The Labute approximate surface area is 255 Å². The molecule has 0 aliphatic rings. The molecule has 0 saturated carbocycles. The zero-order valence-electron chi connectivity index (χ0n) is 23.4. The Morgan fingerprint density at radius 3 is 1.59 bits per heavy atom. The summed E-state index contributed by atoms with van der Waals surface area (Å²) in [5.41, 5.74) is -4.23. The summed E-state index contributed by atoms with van der Waals surface area (Å²) in [6.45, 7) is 1.24. The molecular formula is C32H22O14. The van der Waals surface area contributed by atoms with Crippen molar-refractivity contribution in [3.05, 3.63) is 79.6 Å². The van der Waals surface area contributed by atoms with Crippen LogP contribution < -0.4 is 10.9 Å². The number of rotatable bonds is 4. The molecule has 4 aromatic carbocycles. The second-order valence-corrected chi connectivity index (χ2v) is 10.4. The van der Waals surface area contributed by atoms with Crippen molar-refractivity contribution >= 4 is 21.9 Å². The van der Waals surface area contributed by atoms with Gasteiger partial charge in [0.1, 0.15) is 44.9 Å². The van der Waals surface area contributed by atoms with Crippen LogP contribution in [0.5, 0.6) is 57.5 Å². The predicted molar refractivity (Wildman–Crippen MR) is 160 cm³/mol. The minimum Gasteiger partial charge on any atom is -0.507 e. The Kier molecular flexibility index (Phi) is 6.51. The fourth-order valence-corrected chi connectivity index (χ4v) is 5.17. The van der Waals surface area contributed by atoms with Crippen molar-refractivity contribution in [3.63, 3.8) is 0 Å². The number of hydrogen-bond donors (Lipinski definition) is 10. The third kappa shape index (κ3) is 4.27. The molecule has 0 unspecified atom stereocenters. The molecule has 2 aromatic heterocycles. The quantitative estimate of drug-likeness (QED) is 0.122. The van der Waals surface area contributed by atoms with Crippen LogP contribution in [0.25, 0.3) is 44.6 Å². The smallest absolute Gasteiger partial charge is 0.238 e. The fourth-order valence-electron chi connectivity index (χ4n) is 5.17. The lowest BCUT2D eigenvalue weighted by Crippen LogP contribution is -2.07. The van der Waals surface area contributed by atoms with Crippen LogP contribution in [-0.4, -0.2) is 51.1 Å². The maximum Gasteiger partial charge on any atom is 0.238 e. The molecule has 6 aromatic rings. The molecular weight excluding hydrogens is 608 g/mol. The van der Waals surface area contributed by atoms with E-state index in [1.54, 1.807) is 0 Å². The SMILES string of the molecule is Cc1c(O)c(Cc2c(O)cc3oc(-c4ccc(O)c(O)c4)c(O)c(=O)c3c2O)c2oc(-c3ccc(O)c(O)c3)c(O)c(=O)c2c1O. The van der Waals surface area contributed by atoms with Gasteiger partial charge in [-0.05, 0) is 43.3 Å². The van der Waals surface area contributed by atoms with E-state index in [4.69, 9.17) is 8.83 Å². The summed E-state index contributed by atoms with van der Waals surface area (Å²) in [6, 6.07) is 7.49. The van der Waals surface area contributed by atoms with Crippen LogP contribution in [0.4, 0.5) is 0 Å². The van der Waals surface area contributed by atoms with Gasteiger partial charge in [0, 0.05) is 40.3 Å². The Hall–Kier alpha value is -6.70. The van der Waals surface area contributed by atoms with Crippen molar-refractivity contribution in [1.82, 2.24) is 0 Å². The molecule has 14 nitrogen and oxygen atoms in total. The molecule has 0 amide bonds. The number of benzene rings is 4. The van der Waals surface area contributed by atoms with Gasteiger partial charge >= 0.3 is 0 Å². The molecule has 46 heavy (non-hydrogen) atoms. The number of fused-ring (bicyclic) bond motifs is 2. The number of aromatic hydroxyl groups is 10. The van der Waals surface area contributed by atoms with E-state index in [0.29, 0.717) is 0 Å². The Balaban J connectivity index is 1.59. The van der Waals surface area contributed by atoms with Crippen molar-refractivity contribution in [2.45, 2.75) is 13.3 Å². The molecule has 0 aliphatic carbocycles. The molecule has 0 bridgehead atoms. The average molecular weight is 631 g/mol. The van der Waals surface area contributed by atoms with Crippen LogP contribution in [0.1, 0.15) is 16.7 Å². The number of phenols is 8. The highest BCUT2D eigenvalue weighted by atomic mass is 16.4.